The summed E-state index contributed by atoms with van der Waals surface area (Å²) in [6.45, 7) is 0.690. The lowest BCUT2D eigenvalue weighted by Crippen LogP contribution is -2.11. The van der Waals surface area contributed by atoms with Crippen LogP contribution in [0.1, 0.15) is 37.4 Å². The van der Waals surface area contributed by atoms with E-state index in [0.29, 0.717) is 17.2 Å². The molecule has 7 heteroatoms. The van der Waals surface area contributed by atoms with Gasteiger partial charge in [-0.3, -0.25) is 0 Å². The molecule has 7 nitrogen and oxygen atoms in total. The van der Waals surface area contributed by atoms with E-state index in [9.17, 15) is 14.7 Å². The van der Waals surface area contributed by atoms with Crippen LogP contribution in [0, 0.1) is 0 Å². The van der Waals surface area contributed by atoms with Gasteiger partial charge in [0.25, 0.3) is 0 Å². The summed E-state index contributed by atoms with van der Waals surface area (Å²) >= 11 is 0. The fourth-order valence-corrected chi connectivity index (χ4v) is 4.11. The first kappa shape index (κ1) is 28.0. The van der Waals surface area contributed by atoms with Crippen LogP contribution in [0.15, 0.2) is 127 Å². The number of carboxylic acid groups (broad SMARTS) is 1. The van der Waals surface area contributed by atoms with Gasteiger partial charge in [-0.15, -0.1) is 0 Å². The first-order valence-corrected chi connectivity index (χ1v) is 13.3. The van der Waals surface area contributed by atoms with Gasteiger partial charge in [-0.25, -0.2) is 9.59 Å². The van der Waals surface area contributed by atoms with Crippen LogP contribution in [0.4, 0.5) is 0 Å². The molecule has 1 N–H and O–H groups in total. The third kappa shape index (κ3) is 7.55. The average Bonchev–Trinajstić information content (AvgIpc) is 3.03. The Morgan fingerprint density at radius 3 is 1.48 bits per heavy atom. The lowest BCUT2D eigenvalue weighted by atomic mass is 10.1. The second kappa shape index (κ2) is 13.7. The number of benzene rings is 5. The van der Waals surface area contributed by atoms with Crippen molar-refractivity contribution in [3.63, 3.8) is 0 Å². The van der Waals surface area contributed by atoms with Crippen molar-refractivity contribution >= 4 is 11.9 Å². The van der Waals surface area contributed by atoms with Crippen LogP contribution < -0.4 is 18.9 Å². The molecule has 5 rings (SSSR count). The van der Waals surface area contributed by atoms with E-state index in [2.05, 4.69) is 0 Å². The van der Waals surface area contributed by atoms with Crippen LogP contribution >= 0.6 is 0 Å². The quantitative estimate of drug-likeness (QED) is 0.126. The summed E-state index contributed by atoms with van der Waals surface area (Å²) in [5, 5.41) is 9.32. The van der Waals surface area contributed by atoms with Crippen molar-refractivity contribution in [1.82, 2.24) is 0 Å². The number of ether oxygens (including phenoxy) is 4. The van der Waals surface area contributed by atoms with Crippen LogP contribution in [0.25, 0.3) is 0 Å². The van der Waals surface area contributed by atoms with Crippen molar-refractivity contribution in [1.29, 1.82) is 0 Å². The Hall–Kier alpha value is -5.56. The fourth-order valence-electron chi connectivity index (χ4n) is 4.11. The second-order valence-electron chi connectivity index (χ2n) is 9.35. The summed E-state index contributed by atoms with van der Waals surface area (Å²) in [5.74, 6) is -0.793. The number of hydrogen-bond donors (Lipinski definition) is 1. The molecule has 0 amide bonds. The van der Waals surface area contributed by atoms with Crippen molar-refractivity contribution < 1.29 is 33.6 Å². The molecule has 0 aromatic heterocycles. The third-order valence-electron chi connectivity index (χ3n) is 6.25. The first-order chi connectivity index (χ1) is 20.5. The van der Waals surface area contributed by atoms with Gasteiger partial charge < -0.3 is 24.1 Å². The molecule has 0 aliphatic rings. The molecule has 5 aromatic rings. The Morgan fingerprint density at radius 2 is 1.00 bits per heavy atom. The van der Waals surface area contributed by atoms with Crippen LogP contribution in [0.2, 0.25) is 0 Å². The summed E-state index contributed by atoms with van der Waals surface area (Å²) in [6, 6.07) is 37.7. The minimum atomic E-state index is -1.12. The summed E-state index contributed by atoms with van der Waals surface area (Å²) in [4.78, 5) is 24.7. The normalized spacial score (nSPS) is 10.5. The van der Waals surface area contributed by atoms with E-state index in [1.54, 1.807) is 12.1 Å². The molecule has 210 valence electrons. The predicted octanol–water partition coefficient (Wildman–Crippen LogP) is 7.34. The number of aromatic carboxylic acids is 1. The largest absolute Gasteiger partial charge is 0.485 e. The highest BCUT2D eigenvalue weighted by Gasteiger charge is 2.21. The van der Waals surface area contributed by atoms with E-state index >= 15 is 0 Å². The summed E-state index contributed by atoms with van der Waals surface area (Å²) in [6.07, 6.45) is 0. The predicted molar refractivity (Wildman–Crippen MR) is 157 cm³/mol. The van der Waals surface area contributed by atoms with Crippen molar-refractivity contribution in [2.24, 2.45) is 0 Å². The molecule has 0 unspecified atom stereocenters. The Balaban J connectivity index is 1.50. The maximum atomic E-state index is 13.3. The summed E-state index contributed by atoms with van der Waals surface area (Å²) in [7, 11) is 0. The summed E-state index contributed by atoms with van der Waals surface area (Å²) < 4.78 is 24.2. The average molecular weight is 561 g/mol. The molecule has 0 bridgehead atoms. The van der Waals surface area contributed by atoms with E-state index in [0.717, 1.165) is 16.7 Å². The zero-order valence-corrected chi connectivity index (χ0v) is 22.6. The standard InChI is InChI=1S/C35H28O7/c36-34(37)28-17-10-18-30(19-28)42-35(38)29-20-31(39-22-25-11-4-1-5-12-25)33(41-24-27-15-8-3-9-16-27)32(21-29)40-23-26-13-6-2-7-14-26/h1-21H,22-24H2,(H,36,37). The SMILES string of the molecule is O=C(O)c1cccc(OC(=O)c2cc(OCc3ccccc3)c(OCc3ccccc3)c(OCc3ccccc3)c2)c1. The van der Waals surface area contributed by atoms with E-state index in [-0.39, 0.29) is 36.7 Å². The van der Waals surface area contributed by atoms with Gasteiger partial charge in [-0.1, -0.05) is 97.1 Å². The zero-order valence-electron chi connectivity index (χ0n) is 22.6. The first-order valence-electron chi connectivity index (χ1n) is 13.3. The number of hydrogen-bond acceptors (Lipinski definition) is 6. The van der Waals surface area contributed by atoms with E-state index in [1.807, 2.05) is 91.0 Å². The number of carboxylic acids is 1. The molecule has 0 saturated carbocycles. The topological polar surface area (TPSA) is 91.3 Å². The van der Waals surface area contributed by atoms with Crippen molar-refractivity contribution in [2.75, 3.05) is 0 Å². The van der Waals surface area contributed by atoms with Gasteiger partial charge in [0.15, 0.2) is 11.5 Å². The molecule has 0 saturated heterocycles. The van der Waals surface area contributed by atoms with Gasteiger partial charge in [-0.2, -0.15) is 0 Å². The van der Waals surface area contributed by atoms with Crippen molar-refractivity contribution in [3.05, 3.63) is 155 Å². The smallest absolute Gasteiger partial charge is 0.343 e. The molecule has 0 aliphatic carbocycles. The highest BCUT2D eigenvalue weighted by molar-refractivity contribution is 5.93. The molecular weight excluding hydrogens is 532 g/mol. The van der Waals surface area contributed by atoms with Crippen LogP contribution in [-0.2, 0) is 19.8 Å². The van der Waals surface area contributed by atoms with Crippen molar-refractivity contribution in [2.45, 2.75) is 19.8 Å². The van der Waals surface area contributed by atoms with Gasteiger partial charge in [0.1, 0.15) is 25.6 Å². The molecule has 42 heavy (non-hydrogen) atoms. The lowest BCUT2D eigenvalue weighted by molar-refractivity contribution is 0.0687. The Labute approximate surface area is 243 Å². The molecule has 5 aromatic carbocycles. The fraction of sp³-hybridized carbons (Fsp3) is 0.0857. The number of esters is 1. The van der Waals surface area contributed by atoms with Gasteiger partial charge in [0, 0.05) is 0 Å². The molecule has 0 radical (unpaired) electrons. The maximum Gasteiger partial charge on any atom is 0.343 e. The molecular formula is C35H28O7. The highest BCUT2D eigenvalue weighted by atomic mass is 16.5. The second-order valence-corrected chi connectivity index (χ2v) is 9.35. The monoisotopic (exact) mass is 560 g/mol. The molecule has 0 heterocycles. The number of rotatable bonds is 12. The Morgan fingerprint density at radius 1 is 0.524 bits per heavy atom. The third-order valence-corrected chi connectivity index (χ3v) is 6.25. The van der Waals surface area contributed by atoms with Crippen molar-refractivity contribution in [3.8, 4) is 23.0 Å². The maximum absolute atomic E-state index is 13.3. The van der Waals surface area contributed by atoms with Gasteiger partial charge in [-0.05, 0) is 47.0 Å². The highest BCUT2D eigenvalue weighted by Crippen LogP contribution is 2.41. The molecule has 0 aliphatic heterocycles. The van der Waals surface area contributed by atoms with Gasteiger partial charge >= 0.3 is 11.9 Å². The minimum absolute atomic E-state index is 0.00345. The van der Waals surface area contributed by atoms with Gasteiger partial charge in [0.05, 0.1) is 11.1 Å². The van der Waals surface area contributed by atoms with Crippen LogP contribution in [0.3, 0.4) is 0 Å². The van der Waals surface area contributed by atoms with Crippen LogP contribution in [0.5, 0.6) is 23.0 Å². The lowest BCUT2D eigenvalue weighted by Gasteiger charge is -2.19. The minimum Gasteiger partial charge on any atom is -0.485 e. The number of carbonyl (C=O) groups excluding carboxylic acids is 1. The molecule has 0 atom stereocenters. The van der Waals surface area contributed by atoms with E-state index in [1.165, 1.54) is 24.3 Å². The molecule has 0 fully saturated rings. The summed E-state index contributed by atoms with van der Waals surface area (Å²) in [5.41, 5.74) is 2.95. The van der Waals surface area contributed by atoms with Gasteiger partial charge in [0.2, 0.25) is 5.75 Å². The zero-order chi connectivity index (χ0) is 29.1. The Kier molecular flexibility index (Phi) is 9.11. The van der Waals surface area contributed by atoms with E-state index in [4.69, 9.17) is 18.9 Å². The van der Waals surface area contributed by atoms with E-state index < -0.39 is 11.9 Å². The Bertz CT molecular complexity index is 1570. The number of carbonyl (C=O) groups is 2. The van der Waals surface area contributed by atoms with Crippen LogP contribution in [-0.4, -0.2) is 17.0 Å². The molecule has 0 spiro atoms.